The Balaban J connectivity index is 1.74. The first-order valence-electron chi connectivity index (χ1n) is 8.64. The number of likely N-dealkylation sites (N-methyl/N-ethyl adjacent to an activating group) is 1. The van der Waals surface area contributed by atoms with Gasteiger partial charge in [-0.15, -0.1) is 0 Å². The molecule has 6 heteroatoms. The number of hydrogen-bond acceptors (Lipinski definition) is 6. The number of hydrogen-bond donors (Lipinski definition) is 1. The van der Waals surface area contributed by atoms with Crippen molar-refractivity contribution in [3.8, 4) is 23.0 Å². The Hall–Kier alpha value is -2.73. The summed E-state index contributed by atoms with van der Waals surface area (Å²) < 4.78 is 16.4. The molecule has 2 aromatic rings. The Morgan fingerprint density at radius 1 is 1.19 bits per heavy atom. The van der Waals surface area contributed by atoms with Gasteiger partial charge in [-0.05, 0) is 48.4 Å². The van der Waals surface area contributed by atoms with Gasteiger partial charge in [0.15, 0.2) is 28.8 Å². The van der Waals surface area contributed by atoms with E-state index in [0.29, 0.717) is 17.7 Å². The summed E-state index contributed by atoms with van der Waals surface area (Å²) in [5.41, 5.74) is 2.62. The maximum Gasteiger partial charge on any atom is 0.231 e. The van der Waals surface area contributed by atoms with Gasteiger partial charge in [-0.1, -0.05) is 6.07 Å². The summed E-state index contributed by atoms with van der Waals surface area (Å²) in [7, 11) is 3.45. The fourth-order valence-corrected chi connectivity index (χ4v) is 4.56. The van der Waals surface area contributed by atoms with E-state index in [1.54, 1.807) is 6.07 Å². The quantitative estimate of drug-likeness (QED) is 0.848. The van der Waals surface area contributed by atoms with Crippen LogP contribution in [0.2, 0.25) is 0 Å². The predicted octanol–water partition coefficient (Wildman–Crippen LogP) is 2.25. The number of fused-ring (bicyclic) bond motifs is 4. The molecule has 1 spiro atoms. The largest absolute Gasteiger partial charge is 0.504 e. The lowest BCUT2D eigenvalue weighted by atomic mass is 9.77. The predicted molar refractivity (Wildman–Crippen MR) is 93.3 cm³/mol. The summed E-state index contributed by atoms with van der Waals surface area (Å²) in [4.78, 5) is 15.8. The van der Waals surface area contributed by atoms with Crippen molar-refractivity contribution >= 4 is 5.78 Å². The average molecular weight is 353 g/mol. The van der Waals surface area contributed by atoms with E-state index >= 15 is 0 Å². The second-order valence-corrected chi connectivity index (χ2v) is 7.05. The van der Waals surface area contributed by atoms with E-state index in [0.717, 1.165) is 35.4 Å². The van der Waals surface area contributed by atoms with Crippen LogP contribution in [-0.2, 0) is 18.4 Å². The van der Waals surface area contributed by atoms with Gasteiger partial charge in [-0.25, -0.2) is 0 Å². The normalized spacial score (nSPS) is 23.2. The molecule has 0 bridgehead atoms. The van der Waals surface area contributed by atoms with Crippen LogP contribution in [0.5, 0.6) is 23.0 Å². The second kappa shape index (κ2) is 5.14. The summed E-state index contributed by atoms with van der Waals surface area (Å²) in [6.45, 7) is 0.970. The lowest BCUT2D eigenvalue weighted by Gasteiger charge is -2.42. The van der Waals surface area contributed by atoms with E-state index < -0.39 is 5.54 Å². The fraction of sp³-hybridized carbons (Fsp3) is 0.350. The highest BCUT2D eigenvalue weighted by Gasteiger charge is 2.54. The number of aromatic hydroxyl groups is 1. The Morgan fingerprint density at radius 2 is 1.96 bits per heavy atom. The Bertz CT molecular complexity index is 954. The van der Waals surface area contributed by atoms with Crippen molar-refractivity contribution in [3.05, 3.63) is 46.5 Å². The molecule has 134 valence electrons. The number of phenols is 1. The van der Waals surface area contributed by atoms with Gasteiger partial charge >= 0.3 is 0 Å². The van der Waals surface area contributed by atoms with Crippen LogP contribution in [0.4, 0.5) is 0 Å². The molecule has 1 aliphatic carbocycles. The van der Waals surface area contributed by atoms with Crippen LogP contribution in [0.25, 0.3) is 0 Å². The van der Waals surface area contributed by atoms with Crippen molar-refractivity contribution in [3.63, 3.8) is 0 Å². The number of carbonyl (C=O) groups is 1. The number of ether oxygens (including phenoxy) is 3. The third-order valence-electron chi connectivity index (χ3n) is 5.89. The number of nitrogens with zero attached hydrogens (tertiary/aromatic N) is 1. The highest BCUT2D eigenvalue weighted by Crippen LogP contribution is 2.51. The number of rotatable bonds is 1. The highest BCUT2D eigenvalue weighted by atomic mass is 16.7. The molecule has 1 atom stereocenters. The zero-order valence-electron chi connectivity index (χ0n) is 14.7. The molecule has 26 heavy (non-hydrogen) atoms. The number of benzene rings is 2. The molecule has 0 fully saturated rings. The van der Waals surface area contributed by atoms with Crippen LogP contribution in [0.3, 0.4) is 0 Å². The standard InChI is InChI=1S/C20H19NO5/c1-21-6-5-11-7-15-16(26-10-25-15)8-13(11)20(21)9-12-3-4-14(22)18(24-2)17(12)19(20)23/h3-4,7-8,22H,5-6,9-10H2,1-2H3. The van der Waals surface area contributed by atoms with Crippen LogP contribution in [0.15, 0.2) is 24.3 Å². The summed E-state index contributed by atoms with van der Waals surface area (Å²) in [5.74, 6) is 1.62. The molecular weight excluding hydrogens is 334 g/mol. The van der Waals surface area contributed by atoms with Crippen LogP contribution >= 0.6 is 0 Å². The number of Topliss-reactive ketones (excluding diaryl/α,β-unsaturated/α-hetero) is 1. The Labute approximate surface area is 150 Å². The molecule has 2 heterocycles. The molecular formula is C20H19NO5. The molecule has 1 unspecified atom stereocenters. The third-order valence-corrected chi connectivity index (χ3v) is 5.89. The van der Waals surface area contributed by atoms with E-state index in [4.69, 9.17) is 14.2 Å². The molecule has 2 aromatic carbocycles. The molecule has 0 aromatic heterocycles. The molecule has 0 amide bonds. The van der Waals surface area contributed by atoms with Crippen LogP contribution in [0, 0.1) is 0 Å². The smallest absolute Gasteiger partial charge is 0.231 e. The molecule has 0 radical (unpaired) electrons. The highest BCUT2D eigenvalue weighted by molar-refractivity contribution is 6.11. The van der Waals surface area contributed by atoms with Gasteiger partial charge in [-0.2, -0.15) is 0 Å². The molecule has 2 aliphatic heterocycles. The monoisotopic (exact) mass is 353 g/mol. The van der Waals surface area contributed by atoms with Crippen LogP contribution < -0.4 is 14.2 Å². The minimum atomic E-state index is -0.808. The van der Waals surface area contributed by atoms with Crippen molar-refractivity contribution in [2.45, 2.75) is 18.4 Å². The number of carbonyl (C=O) groups excluding carboxylic acids is 1. The minimum absolute atomic E-state index is 0.0129. The molecule has 6 nitrogen and oxygen atoms in total. The van der Waals surface area contributed by atoms with Crippen molar-refractivity contribution in [2.75, 3.05) is 27.5 Å². The van der Waals surface area contributed by atoms with E-state index in [9.17, 15) is 9.90 Å². The first kappa shape index (κ1) is 15.5. The summed E-state index contributed by atoms with van der Waals surface area (Å²) in [6, 6.07) is 7.35. The zero-order chi connectivity index (χ0) is 18.1. The summed E-state index contributed by atoms with van der Waals surface area (Å²) in [5, 5.41) is 10.1. The number of methoxy groups -OCH3 is 1. The lowest BCUT2D eigenvalue weighted by molar-refractivity contribution is 0.0614. The molecule has 0 saturated heterocycles. The Morgan fingerprint density at radius 3 is 2.73 bits per heavy atom. The van der Waals surface area contributed by atoms with Gasteiger partial charge in [-0.3, -0.25) is 9.69 Å². The third kappa shape index (κ3) is 1.77. The van der Waals surface area contributed by atoms with Gasteiger partial charge in [0.05, 0.1) is 12.7 Å². The van der Waals surface area contributed by atoms with Crippen molar-refractivity contribution in [1.82, 2.24) is 4.90 Å². The van der Waals surface area contributed by atoms with Gasteiger partial charge in [0, 0.05) is 13.0 Å². The van der Waals surface area contributed by atoms with Gasteiger partial charge in [0.2, 0.25) is 6.79 Å². The molecule has 0 saturated carbocycles. The van der Waals surface area contributed by atoms with Gasteiger partial charge in [0.1, 0.15) is 5.54 Å². The fourth-order valence-electron chi connectivity index (χ4n) is 4.56. The maximum absolute atomic E-state index is 13.7. The maximum atomic E-state index is 13.7. The first-order chi connectivity index (χ1) is 12.6. The molecule has 3 aliphatic rings. The van der Waals surface area contributed by atoms with E-state index in [2.05, 4.69) is 4.90 Å². The average Bonchev–Trinajstić information content (AvgIpc) is 3.21. The van der Waals surface area contributed by atoms with Crippen molar-refractivity contribution in [2.24, 2.45) is 0 Å². The van der Waals surface area contributed by atoms with E-state index in [1.165, 1.54) is 7.11 Å². The van der Waals surface area contributed by atoms with Gasteiger partial charge < -0.3 is 19.3 Å². The Kier molecular flexibility index (Phi) is 3.07. The van der Waals surface area contributed by atoms with E-state index in [1.807, 2.05) is 25.2 Å². The molecule has 1 N–H and O–H groups in total. The van der Waals surface area contributed by atoms with Crippen molar-refractivity contribution < 1.29 is 24.1 Å². The minimum Gasteiger partial charge on any atom is -0.504 e. The second-order valence-electron chi connectivity index (χ2n) is 7.05. The van der Waals surface area contributed by atoms with E-state index in [-0.39, 0.29) is 24.1 Å². The van der Waals surface area contributed by atoms with Crippen LogP contribution in [-0.4, -0.2) is 43.3 Å². The lowest BCUT2D eigenvalue weighted by Crippen LogP contribution is -2.52. The summed E-state index contributed by atoms with van der Waals surface area (Å²) in [6.07, 6.45) is 1.39. The van der Waals surface area contributed by atoms with Gasteiger partial charge in [0.25, 0.3) is 0 Å². The summed E-state index contributed by atoms with van der Waals surface area (Å²) >= 11 is 0. The number of ketones is 1. The topological polar surface area (TPSA) is 68.2 Å². The van der Waals surface area contributed by atoms with Crippen molar-refractivity contribution in [1.29, 1.82) is 0 Å². The molecule has 5 rings (SSSR count). The SMILES string of the molecule is COc1c(O)ccc2c1C(=O)C1(C2)c2cc3c(cc2CCN1C)OCO3. The zero-order valence-corrected chi connectivity index (χ0v) is 14.7. The van der Waals surface area contributed by atoms with Crippen LogP contribution in [0.1, 0.15) is 27.0 Å². The first-order valence-corrected chi connectivity index (χ1v) is 8.64. The number of phenolic OH excluding ortho intramolecular Hbond substituents is 1.